The number of nitrogens with zero attached hydrogens (tertiary/aromatic N) is 2. The zero-order valence-electron chi connectivity index (χ0n) is 49.9. The molecule has 0 spiro atoms. The van der Waals surface area contributed by atoms with Crippen molar-refractivity contribution in [2.24, 2.45) is 0 Å². The molecule has 0 fully saturated rings. The maximum Gasteiger partial charge on any atom is 0.264 e. The third-order valence-electron chi connectivity index (χ3n) is 18.8. The van der Waals surface area contributed by atoms with Crippen molar-refractivity contribution < 1.29 is 0 Å². The number of fused-ring (bicyclic) bond motifs is 8. The molecule has 4 aliphatic rings. The molecule has 1 aromatic heterocycles. The van der Waals surface area contributed by atoms with Crippen molar-refractivity contribution in [1.82, 2.24) is 0 Å². The Hall–Kier alpha value is -5.06. The molecule has 0 amide bonds. The monoisotopic (exact) mass is 1010 g/mol. The molecule has 75 heavy (non-hydrogen) atoms. The quantitative estimate of drug-likeness (QED) is 0.163. The van der Waals surface area contributed by atoms with Gasteiger partial charge in [0.1, 0.15) is 0 Å². The van der Waals surface area contributed by atoms with Gasteiger partial charge in [-0.25, -0.2) is 0 Å². The summed E-state index contributed by atoms with van der Waals surface area (Å²) in [4.78, 5) is 5.49. The zero-order valence-corrected chi connectivity index (χ0v) is 50.8. The topological polar surface area (TPSA) is 6.48 Å². The Labute approximate surface area is 457 Å². The van der Waals surface area contributed by atoms with Crippen molar-refractivity contribution in [3.8, 4) is 11.1 Å². The van der Waals surface area contributed by atoms with E-state index >= 15 is 0 Å². The second-order valence-corrected chi connectivity index (χ2v) is 31.7. The van der Waals surface area contributed by atoms with Crippen LogP contribution >= 0.6 is 11.3 Å². The molecule has 0 saturated carbocycles. The molecular formula is C71H87BN2S. The Bertz CT molecular complexity index is 3480. The molecule has 0 radical (unpaired) electrons. The predicted molar refractivity (Wildman–Crippen MR) is 331 cm³/mol. The molecule has 6 aromatic carbocycles. The highest BCUT2D eigenvalue weighted by Crippen LogP contribution is 2.55. The SMILES string of the molecule is Cc1cc2c3c(c1)N(c1ccc(C(C)(C)C)cc1-c1cc(C(C)(C)C)cc(C(C)(C)C)c1)c1c(sc4ccc(C(C)(C)C)cc14)B3c1cc3c(cc1N2c1ccc2c(c1)C(C)(C)CCC2(C)C)C(C)(C)CCC3(C)C. The normalized spacial score (nSPS) is 18.3. The van der Waals surface area contributed by atoms with Gasteiger partial charge in [-0.2, -0.15) is 0 Å². The van der Waals surface area contributed by atoms with Crippen molar-refractivity contribution in [2.45, 2.75) is 214 Å². The van der Waals surface area contributed by atoms with Crippen molar-refractivity contribution in [3.05, 3.63) is 147 Å². The molecule has 2 nitrogen and oxygen atoms in total. The predicted octanol–water partition coefficient (Wildman–Crippen LogP) is 18.8. The van der Waals surface area contributed by atoms with Crippen molar-refractivity contribution in [3.63, 3.8) is 0 Å². The van der Waals surface area contributed by atoms with E-state index in [1.54, 1.807) is 0 Å². The van der Waals surface area contributed by atoms with Crippen LogP contribution in [0.5, 0.6) is 0 Å². The Morgan fingerprint density at radius 2 is 0.933 bits per heavy atom. The minimum atomic E-state index is -0.0521. The number of thiophene rings is 1. The number of aryl methyl sites for hydroxylation is 1. The average Bonchev–Trinajstić information content (AvgIpc) is 3.68. The van der Waals surface area contributed by atoms with Crippen LogP contribution in [-0.4, -0.2) is 6.71 Å². The van der Waals surface area contributed by atoms with Crippen LogP contribution in [0.3, 0.4) is 0 Å². The maximum absolute atomic E-state index is 2.76. The number of hydrogen-bond acceptors (Lipinski definition) is 3. The van der Waals surface area contributed by atoms with E-state index in [9.17, 15) is 0 Å². The highest BCUT2D eigenvalue weighted by atomic mass is 32.1. The molecular weight excluding hydrogens is 924 g/mol. The van der Waals surface area contributed by atoms with Crippen LogP contribution in [0, 0.1) is 6.92 Å². The largest absolute Gasteiger partial charge is 0.311 e. The van der Waals surface area contributed by atoms with Gasteiger partial charge in [-0.1, -0.05) is 181 Å². The van der Waals surface area contributed by atoms with Gasteiger partial charge in [0.25, 0.3) is 6.71 Å². The lowest BCUT2D eigenvalue weighted by Crippen LogP contribution is -2.61. The van der Waals surface area contributed by atoms with Gasteiger partial charge in [0.05, 0.1) is 11.4 Å². The van der Waals surface area contributed by atoms with Crippen molar-refractivity contribution in [1.29, 1.82) is 0 Å². The van der Waals surface area contributed by atoms with E-state index in [1.165, 1.54) is 147 Å². The van der Waals surface area contributed by atoms with Crippen LogP contribution in [0.4, 0.5) is 34.1 Å². The van der Waals surface area contributed by atoms with Gasteiger partial charge >= 0.3 is 0 Å². The Morgan fingerprint density at radius 1 is 0.440 bits per heavy atom. The van der Waals surface area contributed by atoms with Gasteiger partial charge < -0.3 is 9.80 Å². The first-order valence-corrected chi connectivity index (χ1v) is 29.4. The van der Waals surface area contributed by atoms with Crippen LogP contribution in [0.1, 0.15) is 214 Å². The van der Waals surface area contributed by atoms with Gasteiger partial charge in [-0.15, -0.1) is 11.3 Å². The van der Waals surface area contributed by atoms with Crippen LogP contribution in [-0.2, 0) is 43.3 Å². The molecule has 0 saturated heterocycles. The lowest BCUT2D eigenvalue weighted by atomic mass is 9.35. The lowest BCUT2D eigenvalue weighted by molar-refractivity contribution is 0.332. The Kier molecular flexibility index (Phi) is 11.4. The second-order valence-electron chi connectivity index (χ2n) is 30.6. The second kappa shape index (κ2) is 16.5. The van der Waals surface area contributed by atoms with E-state index in [-0.39, 0.29) is 50.0 Å². The summed E-state index contributed by atoms with van der Waals surface area (Å²) in [6.45, 7) is 50.7. The summed E-state index contributed by atoms with van der Waals surface area (Å²) < 4.78 is 2.80. The summed E-state index contributed by atoms with van der Waals surface area (Å²) in [5, 5.41) is 1.35. The van der Waals surface area contributed by atoms with Gasteiger partial charge in [0.15, 0.2) is 0 Å². The van der Waals surface area contributed by atoms with E-state index in [1.807, 2.05) is 11.3 Å². The van der Waals surface area contributed by atoms with E-state index in [2.05, 4.69) is 252 Å². The summed E-state index contributed by atoms with van der Waals surface area (Å²) in [6, 6.07) is 40.5. The summed E-state index contributed by atoms with van der Waals surface area (Å²) in [5.41, 5.74) is 26.2. The molecule has 4 heteroatoms. The number of benzene rings is 6. The fraction of sp³-hybridized carbons (Fsp3) is 0.465. The number of hydrogen-bond donors (Lipinski definition) is 0. The molecule has 2 aliphatic heterocycles. The molecule has 2 aliphatic carbocycles. The van der Waals surface area contributed by atoms with Gasteiger partial charge in [0, 0.05) is 43.2 Å². The fourth-order valence-corrected chi connectivity index (χ4v) is 14.8. The number of rotatable bonds is 3. The minimum Gasteiger partial charge on any atom is -0.311 e. The molecule has 11 rings (SSSR count). The zero-order chi connectivity index (χ0) is 54.3. The third kappa shape index (κ3) is 8.39. The first-order chi connectivity index (χ1) is 34.6. The van der Waals surface area contributed by atoms with Gasteiger partial charge in [-0.05, 0) is 197 Å². The maximum atomic E-state index is 2.76. The van der Waals surface area contributed by atoms with Crippen LogP contribution in [0.2, 0.25) is 0 Å². The van der Waals surface area contributed by atoms with Crippen molar-refractivity contribution >= 4 is 78.0 Å². The molecule has 0 unspecified atom stereocenters. The summed E-state index contributed by atoms with van der Waals surface area (Å²) in [6.07, 6.45) is 4.73. The standard InChI is InChI=1S/C71H87BN2S/c1-42-32-58-61-59(33-42)74(56-26-22-44(64(2,3)4)37-49(56)43-34-46(66(8,9)10)36-47(35-43)67(11,12)13)62-50-38-45(65(5,6)7)23-27-60(50)75-63(62)72(61)55-40-53-54(71(20,21)31-30-70(53,18)19)41-57(55)73(58)48-24-25-51-52(39-48)69(16,17)29-28-68(51,14)15/h22-27,32-41H,28-31H2,1-21H3. The van der Waals surface area contributed by atoms with Gasteiger partial charge in [-0.3, -0.25) is 0 Å². The van der Waals surface area contributed by atoms with Gasteiger partial charge in [0.2, 0.25) is 0 Å². The van der Waals surface area contributed by atoms with E-state index < -0.39 is 0 Å². The molecule has 3 heterocycles. The smallest absolute Gasteiger partial charge is 0.264 e. The van der Waals surface area contributed by atoms with E-state index in [0.717, 1.165) is 0 Å². The Balaban J connectivity index is 1.30. The molecule has 390 valence electrons. The first-order valence-electron chi connectivity index (χ1n) is 28.5. The molecule has 0 N–H and O–H groups in total. The van der Waals surface area contributed by atoms with E-state index in [0.29, 0.717) is 0 Å². The van der Waals surface area contributed by atoms with Crippen LogP contribution in [0.25, 0.3) is 21.2 Å². The third-order valence-corrected chi connectivity index (χ3v) is 20.0. The fourth-order valence-electron chi connectivity index (χ4n) is 13.5. The summed E-state index contributed by atoms with van der Waals surface area (Å²) >= 11 is 2.04. The summed E-state index contributed by atoms with van der Waals surface area (Å²) in [7, 11) is 0. The average molecular weight is 1010 g/mol. The van der Waals surface area contributed by atoms with Crippen LogP contribution in [0.15, 0.2) is 97.1 Å². The van der Waals surface area contributed by atoms with Crippen LogP contribution < -0.4 is 25.5 Å². The molecule has 0 atom stereocenters. The highest BCUT2D eigenvalue weighted by Gasteiger charge is 2.49. The summed E-state index contributed by atoms with van der Waals surface area (Å²) in [5.74, 6) is 0. The Morgan fingerprint density at radius 3 is 1.49 bits per heavy atom. The van der Waals surface area contributed by atoms with E-state index in [4.69, 9.17) is 0 Å². The molecule has 7 aromatic rings. The molecule has 0 bridgehead atoms. The van der Waals surface area contributed by atoms with Crippen molar-refractivity contribution in [2.75, 3.05) is 9.80 Å². The first kappa shape index (κ1) is 52.0. The minimum absolute atomic E-state index is 0.0194. The number of anilines is 6. The highest BCUT2D eigenvalue weighted by molar-refractivity contribution is 7.33. The lowest BCUT2D eigenvalue weighted by Gasteiger charge is -2.47.